The number of nitrogens with one attached hydrogen (secondary N) is 6. The molecule has 2 aliphatic carbocycles. The first-order chi connectivity index (χ1) is 37.4. The van der Waals surface area contributed by atoms with Gasteiger partial charge in [-0.3, -0.25) is 28.8 Å². The number of benzene rings is 2. The van der Waals surface area contributed by atoms with Crippen LogP contribution in [-0.4, -0.2) is 138 Å². The zero-order valence-electron chi connectivity index (χ0n) is 44.9. The molecule has 0 radical (unpaired) electrons. The number of hydrogen-bond donors (Lipinski definition) is 6. The number of ether oxygens (including phenoxy) is 1. The number of nitrogens with zero attached hydrogens (tertiary/aromatic N) is 8. The Morgan fingerprint density at radius 1 is 0.545 bits per heavy atom. The summed E-state index contributed by atoms with van der Waals surface area (Å²) < 4.78 is 9.82. The number of hydrogen-bond acceptors (Lipinski definition) is 13. The molecule has 6 N–H and O–H groups in total. The van der Waals surface area contributed by atoms with E-state index in [2.05, 4.69) is 76.8 Å². The molecule has 77 heavy (non-hydrogen) atoms. The number of aromatic nitrogens is 6. The minimum Gasteiger partial charge on any atom is -0.369 e. The van der Waals surface area contributed by atoms with Crippen LogP contribution in [0.1, 0.15) is 162 Å². The van der Waals surface area contributed by atoms with Gasteiger partial charge in [0.2, 0.25) is 35.4 Å². The van der Waals surface area contributed by atoms with Gasteiger partial charge in [0.15, 0.2) is 0 Å². The fourth-order valence-electron chi connectivity index (χ4n) is 12.9. The zero-order valence-corrected chi connectivity index (χ0v) is 44.9. The third-order valence-corrected chi connectivity index (χ3v) is 17.4. The minimum absolute atomic E-state index is 0.125. The van der Waals surface area contributed by atoms with Gasteiger partial charge in [-0.2, -0.15) is 0 Å². The molecule has 6 amide bonds. The Morgan fingerprint density at radius 3 is 1.39 bits per heavy atom. The fourth-order valence-corrected chi connectivity index (χ4v) is 12.9. The standard InChI is InChI=1S/C56H76N14O7/c1-33(57-3)51(71)61-47-23-19-39(27-41-21-25-49(69(41)55(47)75)53(73)59-45-17-9-13-35-11-5-7-15-43(35)45)67-29-37(63-65-67)31-77-32-38-30-68(66-64-38)40-20-24-48(62-52(72)34(2)58-4)56(76)70-42(28-40)22-26-50(70)54(74)60-46-18-10-14-36-12-6-8-16-44(36)46/h5-8,11-12,15-16,29-30,33-34,39-42,45-50,57-58H,9-10,13-14,17-28,31-32H2,1-4H3,(H,59,73)(H,60,74)(H,61,71)(H,62,72)/t33-,34-,39-,40-,41+,42+,45+,46+,47-,48-,49-,50-/m0/s1. The highest BCUT2D eigenvalue weighted by atomic mass is 16.5. The summed E-state index contributed by atoms with van der Waals surface area (Å²) in [5.41, 5.74) is 5.96. The van der Waals surface area contributed by atoms with Crippen molar-refractivity contribution in [3.63, 3.8) is 0 Å². The molecule has 0 spiro atoms. The van der Waals surface area contributed by atoms with Crippen molar-refractivity contribution in [2.45, 2.75) is 202 Å². The average molecular weight is 1060 g/mol. The van der Waals surface area contributed by atoms with Crippen LogP contribution in [0.3, 0.4) is 0 Å². The average Bonchev–Trinajstić information content (AvgIpc) is 4.31. The maximum absolute atomic E-state index is 14.5. The Kier molecular flexibility index (Phi) is 16.8. The highest BCUT2D eigenvalue weighted by Crippen LogP contribution is 2.39. The van der Waals surface area contributed by atoms with E-state index in [1.807, 2.05) is 46.0 Å². The predicted molar refractivity (Wildman–Crippen MR) is 283 cm³/mol. The summed E-state index contributed by atoms with van der Waals surface area (Å²) in [4.78, 5) is 87.4. The third kappa shape index (κ3) is 11.8. The van der Waals surface area contributed by atoms with Crippen molar-refractivity contribution in [2.24, 2.45) is 0 Å². The summed E-state index contributed by atoms with van der Waals surface area (Å²) >= 11 is 0. The van der Waals surface area contributed by atoms with Crippen LogP contribution in [0.4, 0.5) is 0 Å². The van der Waals surface area contributed by atoms with Gasteiger partial charge in [-0.15, -0.1) is 10.2 Å². The minimum atomic E-state index is -0.822. The molecule has 0 saturated carbocycles. The van der Waals surface area contributed by atoms with Crippen LogP contribution in [0.2, 0.25) is 0 Å². The van der Waals surface area contributed by atoms with E-state index in [1.54, 1.807) is 37.7 Å². The van der Waals surface area contributed by atoms with Crippen LogP contribution >= 0.6 is 0 Å². The van der Waals surface area contributed by atoms with Gasteiger partial charge >= 0.3 is 0 Å². The lowest BCUT2D eigenvalue weighted by atomic mass is 9.87. The van der Waals surface area contributed by atoms with Gasteiger partial charge in [0, 0.05) is 12.1 Å². The Labute approximate surface area is 450 Å². The van der Waals surface area contributed by atoms with Gasteiger partial charge in [0.25, 0.3) is 0 Å². The van der Waals surface area contributed by atoms with E-state index < -0.39 is 36.3 Å². The lowest BCUT2D eigenvalue weighted by molar-refractivity contribution is -0.145. The molecule has 4 saturated heterocycles. The lowest BCUT2D eigenvalue weighted by Crippen LogP contribution is -2.58. The molecule has 4 fully saturated rings. The number of carbonyl (C=O) groups is 6. The second kappa shape index (κ2) is 24.0. The van der Waals surface area contributed by atoms with Crippen LogP contribution in [0.15, 0.2) is 60.9 Å². The highest BCUT2D eigenvalue weighted by Gasteiger charge is 2.48. The first kappa shape index (κ1) is 53.8. The van der Waals surface area contributed by atoms with Gasteiger partial charge in [-0.1, -0.05) is 59.0 Å². The molecule has 4 aliphatic heterocycles. The number of carbonyl (C=O) groups excluding carboxylic acids is 6. The molecule has 2 aromatic heterocycles. The Morgan fingerprint density at radius 2 is 0.961 bits per heavy atom. The lowest BCUT2D eigenvalue weighted by Gasteiger charge is -2.38. The number of rotatable bonds is 16. The monoisotopic (exact) mass is 1060 g/mol. The Balaban J connectivity index is 0.788. The van der Waals surface area contributed by atoms with E-state index in [-0.39, 0.29) is 84.9 Å². The molecule has 21 nitrogen and oxygen atoms in total. The Hall–Kier alpha value is -6.58. The maximum atomic E-state index is 14.5. The van der Waals surface area contributed by atoms with Crippen molar-refractivity contribution in [2.75, 3.05) is 14.1 Å². The van der Waals surface area contributed by atoms with Crippen LogP contribution in [0.5, 0.6) is 0 Å². The molecule has 2 aromatic carbocycles. The summed E-state index contributed by atoms with van der Waals surface area (Å²) in [6.07, 6.45) is 14.5. The van der Waals surface area contributed by atoms with E-state index >= 15 is 0 Å². The molecule has 6 heterocycles. The van der Waals surface area contributed by atoms with E-state index in [0.717, 1.165) is 49.7 Å². The molecule has 6 aliphatic rings. The second-order valence-corrected chi connectivity index (χ2v) is 22.2. The zero-order chi connectivity index (χ0) is 53.7. The van der Waals surface area contributed by atoms with Crippen molar-refractivity contribution in [1.82, 2.24) is 71.7 Å². The van der Waals surface area contributed by atoms with Crippen molar-refractivity contribution in [1.29, 1.82) is 0 Å². The topological polar surface area (TPSA) is 252 Å². The van der Waals surface area contributed by atoms with Gasteiger partial charge in [0.05, 0.1) is 61.9 Å². The molecule has 12 atom stereocenters. The van der Waals surface area contributed by atoms with E-state index in [1.165, 1.54) is 11.1 Å². The van der Waals surface area contributed by atoms with E-state index in [4.69, 9.17) is 4.74 Å². The van der Waals surface area contributed by atoms with Gasteiger partial charge in [-0.05, 0) is 153 Å². The summed E-state index contributed by atoms with van der Waals surface area (Å²) in [6.45, 7) is 3.78. The summed E-state index contributed by atoms with van der Waals surface area (Å²) in [5, 5.41) is 36.6. The first-order valence-corrected chi connectivity index (χ1v) is 28.1. The van der Waals surface area contributed by atoms with Crippen LogP contribution in [-0.2, 0) is 59.6 Å². The smallest absolute Gasteiger partial charge is 0.246 e. The first-order valence-electron chi connectivity index (χ1n) is 28.1. The number of likely N-dealkylation sites (N-methyl/N-ethyl adjacent to an activating group) is 2. The fraction of sp³-hybridized carbons (Fsp3) is 0.607. The van der Waals surface area contributed by atoms with Crippen LogP contribution < -0.4 is 31.9 Å². The predicted octanol–water partition coefficient (Wildman–Crippen LogP) is 3.33. The summed E-state index contributed by atoms with van der Waals surface area (Å²) in [5.74, 6) is -1.37. The molecule has 0 bridgehead atoms. The normalized spacial score (nSPS) is 28.1. The SMILES string of the molecule is CN[C@@H](C)C(=O)N[C@H]1CC[C@H](n2cc(COCc3cn([C@H]4CC[C@H](NC(=O)[C@H](C)NC)C(=O)N5[C@H](CC[C@H]5C(=O)N[C@@H]5CCCc6ccccc65)C4)nn3)nn2)C[C@H]2CC[C@@H](C(=O)N[C@@H]3CCCc4ccccc43)N2C1=O. The third-order valence-electron chi connectivity index (χ3n) is 17.4. The van der Waals surface area contributed by atoms with Crippen molar-refractivity contribution < 1.29 is 33.5 Å². The van der Waals surface area contributed by atoms with Gasteiger partial charge in [0.1, 0.15) is 35.6 Å². The molecule has 21 heteroatoms. The number of amides is 6. The van der Waals surface area contributed by atoms with E-state index in [9.17, 15) is 28.8 Å². The number of aryl methyl sites for hydroxylation is 2. The molecule has 10 rings (SSSR count). The molecular formula is C56H76N14O7. The number of fused-ring (bicyclic) bond motifs is 4. The van der Waals surface area contributed by atoms with Crippen LogP contribution in [0, 0.1) is 0 Å². The van der Waals surface area contributed by atoms with Crippen LogP contribution in [0.25, 0.3) is 0 Å². The second-order valence-electron chi connectivity index (χ2n) is 22.2. The van der Waals surface area contributed by atoms with E-state index in [0.29, 0.717) is 75.6 Å². The summed E-state index contributed by atoms with van der Waals surface area (Å²) in [6, 6.07) is 11.4. The molecular weight excluding hydrogens is 981 g/mol. The molecule has 0 unspecified atom stereocenters. The van der Waals surface area contributed by atoms with Gasteiger partial charge in [-0.25, -0.2) is 9.36 Å². The highest BCUT2D eigenvalue weighted by molar-refractivity contribution is 5.95. The quantitative estimate of drug-likeness (QED) is 0.0944. The summed E-state index contributed by atoms with van der Waals surface area (Å²) in [7, 11) is 3.40. The van der Waals surface area contributed by atoms with Crippen molar-refractivity contribution >= 4 is 35.4 Å². The maximum Gasteiger partial charge on any atom is 0.246 e. The van der Waals surface area contributed by atoms with Gasteiger partial charge < -0.3 is 46.4 Å². The Bertz CT molecular complexity index is 2600. The molecule has 412 valence electrons. The molecule has 4 aromatic rings. The largest absolute Gasteiger partial charge is 0.369 e. The van der Waals surface area contributed by atoms with Crippen molar-refractivity contribution in [3.8, 4) is 0 Å². The van der Waals surface area contributed by atoms with Crippen molar-refractivity contribution in [3.05, 3.63) is 94.6 Å².